The molecule has 4 rings (SSSR count). The number of thiol groups is 1. The number of fused-ring (bicyclic) bond motifs is 1. The Kier molecular flexibility index (Phi) is 3.54. The SMILES string of the molecule is O=C(Nc1nc2ccc(NC3([SH](=O)=O)CC3)cc2s1)c1ccc[nH]1. The van der Waals surface area contributed by atoms with Gasteiger partial charge in [0.1, 0.15) is 10.6 Å². The molecule has 0 aliphatic heterocycles. The Balaban J connectivity index is 1.56. The lowest BCUT2D eigenvalue weighted by Crippen LogP contribution is -2.22. The van der Waals surface area contributed by atoms with Crippen LogP contribution in [-0.4, -0.2) is 29.2 Å². The molecule has 0 saturated heterocycles. The highest BCUT2D eigenvalue weighted by Crippen LogP contribution is 2.40. The smallest absolute Gasteiger partial charge is 0.273 e. The van der Waals surface area contributed by atoms with E-state index < -0.39 is 15.6 Å². The number of carbonyl (C=O) groups excluding carboxylic acids is 1. The van der Waals surface area contributed by atoms with Crippen molar-refractivity contribution in [1.29, 1.82) is 0 Å². The van der Waals surface area contributed by atoms with Gasteiger partial charge in [-0.15, -0.1) is 0 Å². The fourth-order valence-corrected chi connectivity index (χ4v) is 4.03. The Bertz CT molecular complexity index is 979. The second-order valence-corrected chi connectivity index (χ2v) is 8.05. The number of benzene rings is 1. The average molecular weight is 362 g/mol. The first kappa shape index (κ1) is 15.2. The summed E-state index contributed by atoms with van der Waals surface area (Å²) < 4.78 is 23.5. The molecule has 3 N–H and O–H groups in total. The van der Waals surface area contributed by atoms with Gasteiger partial charge < -0.3 is 10.3 Å². The molecule has 124 valence electrons. The summed E-state index contributed by atoms with van der Waals surface area (Å²) in [4.78, 5) is 18.5. The zero-order chi connectivity index (χ0) is 16.7. The molecule has 0 radical (unpaired) electrons. The van der Waals surface area contributed by atoms with Gasteiger partial charge in [-0.1, -0.05) is 11.3 Å². The van der Waals surface area contributed by atoms with Crippen molar-refractivity contribution in [2.75, 3.05) is 10.6 Å². The number of aromatic amines is 1. The van der Waals surface area contributed by atoms with Crippen molar-refractivity contribution in [3.63, 3.8) is 0 Å². The number of hydrogen-bond acceptors (Lipinski definition) is 6. The van der Waals surface area contributed by atoms with Crippen LogP contribution in [0.5, 0.6) is 0 Å². The first-order valence-corrected chi connectivity index (χ1v) is 9.33. The van der Waals surface area contributed by atoms with E-state index >= 15 is 0 Å². The molecule has 7 nitrogen and oxygen atoms in total. The number of amides is 1. The fraction of sp³-hybridized carbons (Fsp3) is 0.200. The van der Waals surface area contributed by atoms with Crippen LogP contribution < -0.4 is 10.6 Å². The van der Waals surface area contributed by atoms with E-state index in [0.717, 1.165) is 15.9 Å². The minimum absolute atomic E-state index is 0.252. The number of thiazole rings is 1. The number of anilines is 2. The van der Waals surface area contributed by atoms with Crippen LogP contribution in [-0.2, 0) is 10.7 Å². The predicted octanol–water partition coefficient (Wildman–Crippen LogP) is 2.39. The molecule has 2 heterocycles. The molecular formula is C15H14N4O3S2. The summed E-state index contributed by atoms with van der Waals surface area (Å²) in [5, 5.41) is 6.33. The predicted molar refractivity (Wildman–Crippen MR) is 94.3 cm³/mol. The van der Waals surface area contributed by atoms with Gasteiger partial charge in [-0.3, -0.25) is 10.1 Å². The summed E-state index contributed by atoms with van der Waals surface area (Å²) in [6.07, 6.45) is 2.94. The van der Waals surface area contributed by atoms with Crippen LogP contribution >= 0.6 is 11.3 Å². The van der Waals surface area contributed by atoms with E-state index in [1.807, 2.05) is 12.1 Å². The summed E-state index contributed by atoms with van der Waals surface area (Å²) in [6.45, 7) is 0. The van der Waals surface area contributed by atoms with Gasteiger partial charge in [0.25, 0.3) is 5.91 Å². The number of nitrogens with zero attached hydrogens (tertiary/aromatic N) is 1. The lowest BCUT2D eigenvalue weighted by Gasteiger charge is -2.11. The summed E-state index contributed by atoms with van der Waals surface area (Å²) in [5.74, 6) is -0.252. The van der Waals surface area contributed by atoms with Crippen LogP contribution in [0, 0.1) is 0 Å². The Morgan fingerprint density at radius 1 is 1.29 bits per heavy atom. The van der Waals surface area contributed by atoms with Crippen molar-refractivity contribution >= 4 is 49.0 Å². The molecule has 1 aromatic carbocycles. The average Bonchev–Trinajstić information content (AvgIpc) is 2.99. The standard InChI is InChI=1S/C15H14N4O3S2/c20-13(11-2-1-7-16-11)18-14-17-10-4-3-9(8-12(10)23-14)19-15(5-6-15)24(21)22/h1-4,7-8,16,19,24H,5-6H2,(H,17,18,20). The third kappa shape index (κ3) is 2.76. The summed E-state index contributed by atoms with van der Waals surface area (Å²) in [5.41, 5.74) is 1.96. The molecule has 0 spiro atoms. The van der Waals surface area contributed by atoms with Crippen molar-refractivity contribution in [2.24, 2.45) is 0 Å². The molecule has 2 aromatic heterocycles. The molecule has 0 unspecified atom stereocenters. The number of aromatic nitrogens is 2. The van der Waals surface area contributed by atoms with Crippen molar-refractivity contribution in [2.45, 2.75) is 17.7 Å². The van der Waals surface area contributed by atoms with E-state index in [9.17, 15) is 13.2 Å². The third-order valence-corrected chi connectivity index (χ3v) is 6.09. The number of carbonyl (C=O) groups is 1. The minimum atomic E-state index is -2.51. The van der Waals surface area contributed by atoms with Crippen LogP contribution in [0.3, 0.4) is 0 Å². The van der Waals surface area contributed by atoms with Gasteiger partial charge in [0.2, 0.25) is 0 Å². The maximum atomic E-state index is 12.0. The van der Waals surface area contributed by atoms with Crippen molar-refractivity contribution in [1.82, 2.24) is 9.97 Å². The van der Waals surface area contributed by atoms with Gasteiger partial charge in [-0.2, -0.15) is 0 Å². The summed E-state index contributed by atoms with van der Waals surface area (Å²) >= 11 is 1.34. The zero-order valence-electron chi connectivity index (χ0n) is 12.4. The van der Waals surface area contributed by atoms with E-state index in [4.69, 9.17) is 0 Å². The van der Waals surface area contributed by atoms with Gasteiger partial charge in [-0.25, -0.2) is 13.4 Å². The molecule has 9 heteroatoms. The molecule has 24 heavy (non-hydrogen) atoms. The van der Waals surface area contributed by atoms with Crippen molar-refractivity contribution in [3.8, 4) is 0 Å². The van der Waals surface area contributed by atoms with Crippen molar-refractivity contribution < 1.29 is 13.2 Å². The lowest BCUT2D eigenvalue weighted by molar-refractivity contribution is 0.102. The van der Waals surface area contributed by atoms with E-state index in [0.29, 0.717) is 23.7 Å². The molecule has 0 bridgehead atoms. The normalized spacial score (nSPS) is 15.5. The van der Waals surface area contributed by atoms with Gasteiger partial charge >= 0.3 is 0 Å². The van der Waals surface area contributed by atoms with E-state index in [1.54, 1.807) is 24.4 Å². The van der Waals surface area contributed by atoms with Crippen LogP contribution in [0.4, 0.5) is 10.8 Å². The van der Waals surface area contributed by atoms with Gasteiger partial charge in [-0.05, 0) is 43.2 Å². The largest absolute Gasteiger partial charge is 0.367 e. The maximum Gasteiger partial charge on any atom is 0.273 e. The van der Waals surface area contributed by atoms with Gasteiger partial charge in [0.15, 0.2) is 15.8 Å². The third-order valence-electron chi connectivity index (χ3n) is 3.90. The van der Waals surface area contributed by atoms with Gasteiger partial charge in [0, 0.05) is 11.9 Å². The number of rotatable bonds is 5. The Morgan fingerprint density at radius 3 is 2.79 bits per heavy atom. The Labute approximate surface area is 143 Å². The van der Waals surface area contributed by atoms with Crippen LogP contribution in [0.15, 0.2) is 36.5 Å². The first-order chi connectivity index (χ1) is 11.6. The molecule has 1 amide bonds. The molecule has 1 saturated carbocycles. The first-order valence-electron chi connectivity index (χ1n) is 7.34. The van der Waals surface area contributed by atoms with Crippen LogP contribution in [0.2, 0.25) is 0 Å². The highest BCUT2D eigenvalue weighted by Gasteiger charge is 2.46. The lowest BCUT2D eigenvalue weighted by atomic mass is 10.3. The van der Waals surface area contributed by atoms with E-state index in [2.05, 4.69) is 20.6 Å². The van der Waals surface area contributed by atoms with E-state index in [-0.39, 0.29) is 5.91 Å². The quantitative estimate of drug-likeness (QED) is 0.522. The number of nitrogens with one attached hydrogen (secondary N) is 3. The molecule has 1 aliphatic carbocycles. The van der Waals surface area contributed by atoms with Crippen molar-refractivity contribution in [3.05, 3.63) is 42.2 Å². The summed E-state index contributed by atoms with van der Waals surface area (Å²) in [7, 11) is -2.51. The highest BCUT2D eigenvalue weighted by atomic mass is 32.2. The zero-order valence-corrected chi connectivity index (χ0v) is 14.1. The second-order valence-electron chi connectivity index (χ2n) is 5.65. The Hall–Kier alpha value is -2.39. The molecular weight excluding hydrogens is 348 g/mol. The second kappa shape index (κ2) is 5.60. The summed E-state index contributed by atoms with van der Waals surface area (Å²) in [6, 6.07) is 8.91. The molecule has 1 fully saturated rings. The molecule has 1 aliphatic rings. The van der Waals surface area contributed by atoms with Gasteiger partial charge in [0.05, 0.1) is 10.2 Å². The topological polar surface area (TPSA) is 104 Å². The monoisotopic (exact) mass is 362 g/mol. The molecule has 3 aromatic rings. The van der Waals surface area contributed by atoms with Crippen LogP contribution in [0.1, 0.15) is 23.3 Å². The fourth-order valence-electron chi connectivity index (χ4n) is 2.43. The minimum Gasteiger partial charge on any atom is -0.367 e. The number of hydrogen-bond donors (Lipinski definition) is 4. The van der Waals surface area contributed by atoms with Crippen LogP contribution in [0.25, 0.3) is 10.2 Å². The highest BCUT2D eigenvalue weighted by molar-refractivity contribution is 7.74. The number of H-pyrrole nitrogens is 1. The maximum absolute atomic E-state index is 12.0. The molecule has 0 atom stereocenters. The van der Waals surface area contributed by atoms with E-state index in [1.165, 1.54) is 11.3 Å². The Morgan fingerprint density at radius 2 is 2.12 bits per heavy atom.